The fraction of sp³-hybridized carbons (Fsp3) is 0.333. The Kier molecular flexibility index (Phi) is 6.75. The molecule has 1 N–H and O–H groups in total. The normalized spacial score (nSPS) is 20.5. The van der Waals surface area contributed by atoms with Crippen molar-refractivity contribution in [1.29, 1.82) is 0 Å². The minimum atomic E-state index is -0.479. The summed E-state index contributed by atoms with van der Waals surface area (Å²) in [5, 5.41) is 3.39. The van der Waals surface area contributed by atoms with Crippen LogP contribution in [0.25, 0.3) is 0 Å². The number of methoxy groups -OCH3 is 1. The van der Waals surface area contributed by atoms with Crippen LogP contribution >= 0.6 is 15.9 Å². The lowest BCUT2D eigenvalue weighted by molar-refractivity contribution is -0.143. The second-order valence-corrected chi connectivity index (χ2v) is 9.62. The van der Waals surface area contributed by atoms with Crippen molar-refractivity contribution in [2.45, 2.75) is 51.6 Å². The van der Waals surface area contributed by atoms with E-state index in [-0.39, 0.29) is 17.8 Å². The standard InChI is InChI=1S/C27H28BrNO4/c1-15(2)33-27(31)24-16(3)29-22-13-18(17-9-11-19(32-4)12-10-17)14-23(30)26(22)25(24)20-7-5-6-8-21(20)28/h5-12,15,18,25,29H,13-14H2,1-4H3/t18-,25+/m1/s1. The number of esters is 1. The summed E-state index contributed by atoms with van der Waals surface area (Å²) in [6, 6.07) is 15.6. The maximum Gasteiger partial charge on any atom is 0.337 e. The molecule has 33 heavy (non-hydrogen) atoms. The Morgan fingerprint density at radius 2 is 1.79 bits per heavy atom. The third-order valence-electron chi connectivity index (χ3n) is 6.19. The SMILES string of the molecule is COc1ccc([C@H]2CC(=O)C3=C(C2)NC(C)=C(C(=O)OC(C)C)[C@@H]3c2ccccc2Br)cc1. The molecule has 4 rings (SSSR count). The summed E-state index contributed by atoms with van der Waals surface area (Å²) in [7, 11) is 1.64. The highest BCUT2D eigenvalue weighted by molar-refractivity contribution is 9.10. The van der Waals surface area contributed by atoms with Gasteiger partial charge in [-0.25, -0.2) is 4.79 Å². The van der Waals surface area contributed by atoms with Gasteiger partial charge in [0.1, 0.15) is 5.75 Å². The van der Waals surface area contributed by atoms with Crippen molar-refractivity contribution in [1.82, 2.24) is 5.32 Å². The lowest BCUT2D eigenvalue weighted by Gasteiger charge is -2.37. The van der Waals surface area contributed by atoms with Crippen molar-refractivity contribution < 1.29 is 19.1 Å². The maximum absolute atomic E-state index is 13.6. The highest BCUT2D eigenvalue weighted by atomic mass is 79.9. The summed E-state index contributed by atoms with van der Waals surface area (Å²) in [5.41, 5.74) is 4.74. The van der Waals surface area contributed by atoms with Crippen molar-refractivity contribution in [3.63, 3.8) is 0 Å². The number of dihydropyridines is 1. The van der Waals surface area contributed by atoms with Gasteiger partial charge in [-0.05, 0) is 62.4 Å². The molecule has 0 saturated heterocycles. The molecule has 0 saturated carbocycles. The first-order valence-corrected chi connectivity index (χ1v) is 11.9. The van der Waals surface area contributed by atoms with E-state index in [2.05, 4.69) is 21.2 Å². The fourth-order valence-corrected chi connectivity index (χ4v) is 5.23. The van der Waals surface area contributed by atoms with Crippen LogP contribution in [0.5, 0.6) is 5.75 Å². The number of rotatable bonds is 5. The van der Waals surface area contributed by atoms with Gasteiger partial charge >= 0.3 is 5.97 Å². The van der Waals surface area contributed by atoms with E-state index in [9.17, 15) is 9.59 Å². The van der Waals surface area contributed by atoms with E-state index in [1.54, 1.807) is 7.11 Å². The molecule has 1 heterocycles. The molecule has 1 aliphatic heterocycles. The highest BCUT2D eigenvalue weighted by Crippen LogP contribution is 2.47. The zero-order valence-corrected chi connectivity index (χ0v) is 20.9. The van der Waals surface area contributed by atoms with Crippen molar-refractivity contribution in [2.24, 2.45) is 0 Å². The minimum absolute atomic E-state index is 0.0488. The molecular weight excluding hydrogens is 482 g/mol. The topological polar surface area (TPSA) is 64.6 Å². The molecule has 0 aromatic heterocycles. The summed E-state index contributed by atoms with van der Waals surface area (Å²) < 4.78 is 11.7. The third-order valence-corrected chi connectivity index (χ3v) is 6.92. The maximum atomic E-state index is 13.6. The smallest absolute Gasteiger partial charge is 0.337 e. The number of halogens is 1. The van der Waals surface area contributed by atoms with E-state index in [4.69, 9.17) is 9.47 Å². The number of carbonyl (C=O) groups excluding carboxylic acids is 2. The van der Waals surface area contributed by atoms with E-state index >= 15 is 0 Å². The number of benzene rings is 2. The van der Waals surface area contributed by atoms with E-state index in [1.807, 2.05) is 69.3 Å². The molecule has 2 aliphatic rings. The Hall–Kier alpha value is -2.86. The van der Waals surface area contributed by atoms with Crippen LogP contribution in [-0.4, -0.2) is 25.0 Å². The van der Waals surface area contributed by atoms with Crippen molar-refractivity contribution in [3.8, 4) is 5.75 Å². The zero-order chi connectivity index (χ0) is 23.7. The van der Waals surface area contributed by atoms with Crippen LogP contribution in [0.1, 0.15) is 56.6 Å². The highest BCUT2D eigenvalue weighted by Gasteiger charge is 2.42. The summed E-state index contributed by atoms with van der Waals surface area (Å²) in [4.78, 5) is 26.8. The number of carbonyl (C=O) groups is 2. The van der Waals surface area contributed by atoms with Crippen LogP contribution < -0.4 is 10.1 Å². The van der Waals surface area contributed by atoms with Crippen LogP contribution in [0.4, 0.5) is 0 Å². The second-order valence-electron chi connectivity index (χ2n) is 8.77. The first-order valence-electron chi connectivity index (χ1n) is 11.1. The molecule has 0 radical (unpaired) electrons. The number of ketones is 1. The van der Waals surface area contributed by atoms with E-state index in [0.717, 1.165) is 32.7 Å². The first-order chi connectivity index (χ1) is 15.8. The molecule has 6 heteroatoms. The summed E-state index contributed by atoms with van der Waals surface area (Å²) in [6.45, 7) is 5.53. The van der Waals surface area contributed by atoms with Crippen LogP contribution in [-0.2, 0) is 14.3 Å². The molecular formula is C27H28BrNO4. The van der Waals surface area contributed by atoms with Gasteiger partial charge in [-0.2, -0.15) is 0 Å². The predicted octanol–water partition coefficient (Wildman–Crippen LogP) is 5.77. The molecule has 1 aliphatic carbocycles. The molecule has 0 spiro atoms. The van der Waals surface area contributed by atoms with Gasteiger partial charge in [0.2, 0.25) is 0 Å². The summed E-state index contributed by atoms with van der Waals surface area (Å²) in [5.74, 6) is 0.0246. The molecule has 2 atom stereocenters. The molecule has 5 nitrogen and oxygen atoms in total. The van der Waals surface area contributed by atoms with Gasteiger partial charge in [-0.3, -0.25) is 4.79 Å². The van der Waals surface area contributed by atoms with Crippen molar-refractivity contribution in [2.75, 3.05) is 7.11 Å². The van der Waals surface area contributed by atoms with E-state index in [0.29, 0.717) is 24.0 Å². The number of allylic oxidation sites excluding steroid dienone is 3. The molecule has 0 unspecified atom stereocenters. The van der Waals surface area contributed by atoms with Crippen molar-refractivity contribution >= 4 is 27.7 Å². The summed E-state index contributed by atoms with van der Waals surface area (Å²) in [6.07, 6.45) is 0.826. The minimum Gasteiger partial charge on any atom is -0.497 e. The average Bonchev–Trinajstić information content (AvgIpc) is 2.78. The molecule has 0 fully saturated rings. The molecule has 0 bridgehead atoms. The Morgan fingerprint density at radius 1 is 1.09 bits per heavy atom. The van der Waals surface area contributed by atoms with Gasteiger partial charge in [0.05, 0.1) is 18.8 Å². The number of Topliss-reactive ketones (excluding diaryl/α,β-unsaturated/α-hetero) is 1. The van der Waals surface area contributed by atoms with E-state index in [1.165, 1.54) is 0 Å². The molecule has 2 aromatic rings. The quantitative estimate of drug-likeness (QED) is 0.518. The van der Waals surface area contributed by atoms with Gasteiger partial charge in [-0.1, -0.05) is 46.3 Å². The lowest BCUT2D eigenvalue weighted by atomic mass is 9.71. The van der Waals surface area contributed by atoms with Crippen LogP contribution in [0, 0.1) is 0 Å². The van der Waals surface area contributed by atoms with Gasteiger partial charge in [-0.15, -0.1) is 0 Å². The fourth-order valence-electron chi connectivity index (χ4n) is 4.72. The molecule has 2 aromatic carbocycles. The predicted molar refractivity (Wildman–Crippen MR) is 131 cm³/mol. The third kappa shape index (κ3) is 4.62. The number of hydrogen-bond acceptors (Lipinski definition) is 5. The monoisotopic (exact) mass is 509 g/mol. The average molecular weight is 510 g/mol. The Balaban J connectivity index is 1.78. The van der Waals surface area contributed by atoms with Crippen molar-refractivity contribution in [3.05, 3.63) is 86.7 Å². The Morgan fingerprint density at radius 3 is 2.42 bits per heavy atom. The Labute approximate surface area is 203 Å². The van der Waals surface area contributed by atoms with Crippen LogP contribution in [0.15, 0.2) is 75.5 Å². The Bertz CT molecular complexity index is 1150. The first kappa shape index (κ1) is 23.3. The molecule has 0 amide bonds. The molecule has 172 valence electrons. The van der Waals surface area contributed by atoms with Crippen LogP contribution in [0.2, 0.25) is 0 Å². The number of nitrogens with one attached hydrogen (secondary N) is 1. The number of hydrogen-bond donors (Lipinski definition) is 1. The number of ether oxygens (including phenoxy) is 2. The van der Waals surface area contributed by atoms with Gasteiger partial charge in [0.25, 0.3) is 0 Å². The largest absolute Gasteiger partial charge is 0.497 e. The van der Waals surface area contributed by atoms with Gasteiger partial charge in [0, 0.05) is 33.8 Å². The van der Waals surface area contributed by atoms with Gasteiger partial charge in [0.15, 0.2) is 5.78 Å². The second kappa shape index (κ2) is 9.56. The zero-order valence-electron chi connectivity index (χ0n) is 19.3. The van der Waals surface area contributed by atoms with Gasteiger partial charge < -0.3 is 14.8 Å². The summed E-state index contributed by atoms with van der Waals surface area (Å²) >= 11 is 3.64. The lowest BCUT2D eigenvalue weighted by Crippen LogP contribution is -2.36. The van der Waals surface area contributed by atoms with Crippen LogP contribution in [0.3, 0.4) is 0 Å². The van der Waals surface area contributed by atoms with E-state index < -0.39 is 11.9 Å².